The molecule has 2 aromatic heterocycles. The Bertz CT molecular complexity index is 1040. The molecule has 0 amide bonds. The fourth-order valence-electron chi connectivity index (χ4n) is 2.95. The summed E-state index contributed by atoms with van der Waals surface area (Å²) in [5.74, 6) is 7.09. The van der Waals surface area contributed by atoms with Gasteiger partial charge in [0.1, 0.15) is 12.1 Å². The van der Waals surface area contributed by atoms with Crippen LogP contribution in [0.25, 0.3) is 0 Å². The summed E-state index contributed by atoms with van der Waals surface area (Å²) in [6.45, 7) is 8.28. The molecule has 0 spiro atoms. The largest absolute Gasteiger partial charge is 0.378 e. The van der Waals surface area contributed by atoms with E-state index in [1.165, 1.54) is 0 Å². The number of nitrogens with one attached hydrogen (secondary N) is 1. The van der Waals surface area contributed by atoms with Crippen LogP contribution in [0.4, 0.5) is 11.5 Å². The van der Waals surface area contributed by atoms with Crippen LogP contribution in [0.1, 0.15) is 35.9 Å². The number of nitrogens with zero attached hydrogens (tertiary/aromatic N) is 4. The van der Waals surface area contributed by atoms with Crippen molar-refractivity contribution in [2.75, 3.05) is 41.7 Å². The molecule has 1 saturated heterocycles. The van der Waals surface area contributed by atoms with Gasteiger partial charge in [0.2, 0.25) is 10.0 Å². The maximum Gasteiger partial charge on any atom is 0.232 e. The standard InChI is InChI=1S/C20H25N5O3S/c1-4-11-29(26,27)24-19-12-17(13-21-16(19)3)5-6-18-15(2)22-14-23-20(18)25-7-9-28-10-8-25/h12-14,24H,4,7-11H2,1-3H3. The zero-order valence-electron chi connectivity index (χ0n) is 16.9. The molecule has 3 heterocycles. The van der Waals surface area contributed by atoms with Gasteiger partial charge in [0, 0.05) is 24.8 Å². The molecule has 1 N–H and O–H groups in total. The Morgan fingerprint density at radius 2 is 1.90 bits per heavy atom. The van der Waals surface area contributed by atoms with Crippen molar-refractivity contribution in [2.45, 2.75) is 27.2 Å². The lowest BCUT2D eigenvalue weighted by molar-refractivity contribution is 0.122. The first-order chi connectivity index (χ1) is 13.9. The van der Waals surface area contributed by atoms with E-state index in [4.69, 9.17) is 4.74 Å². The van der Waals surface area contributed by atoms with Gasteiger partial charge in [0.25, 0.3) is 0 Å². The van der Waals surface area contributed by atoms with Crippen molar-refractivity contribution in [1.82, 2.24) is 15.0 Å². The van der Waals surface area contributed by atoms with Gasteiger partial charge in [-0.2, -0.15) is 0 Å². The third-order valence-electron chi connectivity index (χ3n) is 4.48. The van der Waals surface area contributed by atoms with Gasteiger partial charge in [-0.15, -0.1) is 0 Å². The summed E-state index contributed by atoms with van der Waals surface area (Å²) < 4.78 is 32.2. The average Bonchev–Trinajstić information content (AvgIpc) is 2.69. The van der Waals surface area contributed by atoms with Crippen LogP contribution >= 0.6 is 0 Å². The highest BCUT2D eigenvalue weighted by molar-refractivity contribution is 7.92. The van der Waals surface area contributed by atoms with Crippen molar-refractivity contribution in [3.05, 3.63) is 41.1 Å². The fraction of sp³-hybridized carbons (Fsp3) is 0.450. The van der Waals surface area contributed by atoms with Gasteiger partial charge in [0.15, 0.2) is 0 Å². The number of aryl methyl sites for hydroxylation is 2. The molecule has 0 saturated carbocycles. The predicted octanol–water partition coefficient (Wildman–Crippen LogP) is 1.88. The molecule has 2 aromatic rings. The number of ether oxygens (including phenoxy) is 1. The van der Waals surface area contributed by atoms with E-state index in [1.807, 2.05) is 13.8 Å². The van der Waals surface area contributed by atoms with Crippen LogP contribution in [0, 0.1) is 25.7 Å². The molecule has 0 aliphatic carbocycles. The number of rotatable bonds is 5. The fourth-order valence-corrected chi connectivity index (χ4v) is 4.13. The lowest BCUT2D eigenvalue weighted by Crippen LogP contribution is -2.37. The number of sulfonamides is 1. The van der Waals surface area contributed by atoms with Crippen LogP contribution in [0.15, 0.2) is 18.6 Å². The molecule has 154 valence electrons. The molecule has 1 fully saturated rings. The van der Waals surface area contributed by atoms with Crippen LogP contribution in [0.5, 0.6) is 0 Å². The van der Waals surface area contributed by atoms with Crippen molar-refractivity contribution in [3.8, 4) is 11.8 Å². The minimum absolute atomic E-state index is 0.0613. The van der Waals surface area contributed by atoms with Crippen LogP contribution in [0.3, 0.4) is 0 Å². The highest BCUT2D eigenvalue weighted by Crippen LogP contribution is 2.20. The third kappa shape index (κ3) is 5.43. The number of anilines is 2. The van der Waals surface area contributed by atoms with Gasteiger partial charge in [-0.25, -0.2) is 18.4 Å². The average molecular weight is 416 g/mol. The highest BCUT2D eigenvalue weighted by atomic mass is 32.2. The number of pyridine rings is 1. The monoisotopic (exact) mass is 415 g/mol. The summed E-state index contributed by atoms with van der Waals surface area (Å²) in [4.78, 5) is 15.1. The summed E-state index contributed by atoms with van der Waals surface area (Å²) in [7, 11) is -3.40. The summed E-state index contributed by atoms with van der Waals surface area (Å²) in [6, 6.07) is 1.70. The second-order valence-corrected chi connectivity index (χ2v) is 8.63. The first-order valence-electron chi connectivity index (χ1n) is 9.53. The quantitative estimate of drug-likeness (QED) is 0.745. The minimum atomic E-state index is -3.40. The van der Waals surface area contributed by atoms with Crippen LogP contribution in [-0.2, 0) is 14.8 Å². The summed E-state index contributed by atoms with van der Waals surface area (Å²) in [5.41, 5.74) is 3.20. The zero-order valence-corrected chi connectivity index (χ0v) is 17.7. The van der Waals surface area contributed by atoms with Crippen molar-refractivity contribution in [3.63, 3.8) is 0 Å². The van der Waals surface area contributed by atoms with Gasteiger partial charge in [0.05, 0.1) is 41.6 Å². The van der Waals surface area contributed by atoms with Gasteiger partial charge < -0.3 is 9.64 Å². The predicted molar refractivity (Wildman–Crippen MR) is 112 cm³/mol. The van der Waals surface area contributed by atoms with E-state index >= 15 is 0 Å². The number of hydrogen-bond donors (Lipinski definition) is 1. The van der Waals surface area contributed by atoms with E-state index in [0.717, 1.165) is 30.2 Å². The zero-order chi connectivity index (χ0) is 20.9. The molecule has 8 nitrogen and oxygen atoms in total. The lowest BCUT2D eigenvalue weighted by Gasteiger charge is -2.28. The van der Waals surface area contributed by atoms with Gasteiger partial charge in [-0.3, -0.25) is 9.71 Å². The Kier molecular flexibility index (Phi) is 6.67. The van der Waals surface area contributed by atoms with Crippen LogP contribution in [-0.4, -0.2) is 55.4 Å². The molecule has 1 aliphatic heterocycles. The van der Waals surface area contributed by atoms with Gasteiger partial charge in [-0.1, -0.05) is 18.8 Å². The van der Waals surface area contributed by atoms with Crippen molar-refractivity contribution >= 4 is 21.5 Å². The molecule has 0 radical (unpaired) electrons. The summed E-state index contributed by atoms with van der Waals surface area (Å²) in [5, 5.41) is 0. The van der Waals surface area contributed by atoms with Crippen LogP contribution < -0.4 is 9.62 Å². The molecule has 9 heteroatoms. The van der Waals surface area contributed by atoms with E-state index in [2.05, 4.69) is 36.4 Å². The van der Waals surface area contributed by atoms with E-state index in [9.17, 15) is 8.42 Å². The molecule has 0 aromatic carbocycles. The molecule has 3 rings (SSSR count). The first-order valence-corrected chi connectivity index (χ1v) is 11.2. The maximum absolute atomic E-state index is 12.1. The minimum Gasteiger partial charge on any atom is -0.378 e. The molecule has 0 unspecified atom stereocenters. The van der Waals surface area contributed by atoms with E-state index in [1.54, 1.807) is 25.5 Å². The number of morpholine rings is 1. The van der Waals surface area contributed by atoms with Crippen LogP contribution in [0.2, 0.25) is 0 Å². The highest BCUT2D eigenvalue weighted by Gasteiger charge is 2.17. The number of aromatic nitrogens is 3. The molecule has 0 bridgehead atoms. The topological polar surface area (TPSA) is 97.3 Å². The van der Waals surface area contributed by atoms with E-state index in [0.29, 0.717) is 36.6 Å². The number of hydrogen-bond acceptors (Lipinski definition) is 7. The molecule has 0 atom stereocenters. The molecular weight excluding hydrogens is 390 g/mol. The van der Waals surface area contributed by atoms with E-state index < -0.39 is 10.0 Å². The third-order valence-corrected chi connectivity index (χ3v) is 5.96. The van der Waals surface area contributed by atoms with Gasteiger partial charge >= 0.3 is 0 Å². The molecule has 29 heavy (non-hydrogen) atoms. The Morgan fingerprint density at radius 1 is 1.14 bits per heavy atom. The maximum atomic E-state index is 12.1. The second-order valence-electron chi connectivity index (χ2n) is 6.79. The Labute approximate surface area is 171 Å². The molecular formula is C20H25N5O3S. The molecule has 1 aliphatic rings. The normalized spacial score (nSPS) is 14.2. The second kappa shape index (κ2) is 9.20. The van der Waals surface area contributed by atoms with Crippen molar-refractivity contribution in [2.24, 2.45) is 0 Å². The SMILES string of the molecule is CCCS(=O)(=O)Nc1cc(C#Cc2c(C)ncnc2N2CCOCC2)cnc1C. The first kappa shape index (κ1) is 21.0. The van der Waals surface area contributed by atoms with Gasteiger partial charge in [-0.05, 0) is 26.3 Å². The smallest absolute Gasteiger partial charge is 0.232 e. The van der Waals surface area contributed by atoms with Crippen molar-refractivity contribution in [1.29, 1.82) is 0 Å². The lowest BCUT2D eigenvalue weighted by atomic mass is 10.1. The Balaban J connectivity index is 1.92. The summed E-state index contributed by atoms with van der Waals surface area (Å²) >= 11 is 0. The Morgan fingerprint density at radius 3 is 2.62 bits per heavy atom. The summed E-state index contributed by atoms with van der Waals surface area (Å²) in [6.07, 6.45) is 3.71. The van der Waals surface area contributed by atoms with Crippen molar-refractivity contribution < 1.29 is 13.2 Å². The Hall–Kier alpha value is -2.70. The van der Waals surface area contributed by atoms with E-state index in [-0.39, 0.29) is 5.75 Å².